The first kappa shape index (κ1) is 11.8. The van der Waals surface area contributed by atoms with Crippen LogP contribution in [0.25, 0.3) is 0 Å². The van der Waals surface area contributed by atoms with Gasteiger partial charge in [-0.3, -0.25) is 4.90 Å². The monoisotopic (exact) mass is 243 g/mol. The summed E-state index contributed by atoms with van der Waals surface area (Å²) in [6.07, 6.45) is 5.71. The van der Waals surface area contributed by atoms with Gasteiger partial charge in [0.15, 0.2) is 0 Å². The summed E-state index contributed by atoms with van der Waals surface area (Å²) in [5.41, 5.74) is 2.97. The normalized spacial score (nSPS) is 26.5. The molecule has 96 valence electrons. The number of likely N-dealkylation sites (tertiary alicyclic amines) is 1. The van der Waals surface area contributed by atoms with Crippen molar-refractivity contribution in [1.82, 2.24) is 4.90 Å². The maximum atomic E-state index is 5.51. The summed E-state index contributed by atoms with van der Waals surface area (Å²) in [7, 11) is 1.78. The molecule has 1 aliphatic heterocycles. The molecule has 2 nitrogen and oxygen atoms in total. The number of fused-ring (bicyclic) bond motifs is 3. The van der Waals surface area contributed by atoms with Crippen LogP contribution in [0.4, 0.5) is 0 Å². The average Bonchev–Trinajstić information content (AvgIpc) is 2.82. The Morgan fingerprint density at radius 3 is 3.11 bits per heavy atom. The molecule has 1 aromatic carbocycles. The van der Waals surface area contributed by atoms with E-state index in [0.29, 0.717) is 12.0 Å². The molecule has 1 aromatic rings. The topological polar surface area (TPSA) is 12.5 Å². The quantitative estimate of drug-likeness (QED) is 0.757. The molecule has 0 aromatic heterocycles. The van der Waals surface area contributed by atoms with Crippen molar-refractivity contribution in [2.45, 2.75) is 31.2 Å². The Labute approximate surface area is 109 Å². The highest BCUT2D eigenvalue weighted by Crippen LogP contribution is 2.43. The number of benzene rings is 1. The maximum Gasteiger partial charge on any atom is 0.122 e. The van der Waals surface area contributed by atoms with Gasteiger partial charge in [-0.2, -0.15) is 0 Å². The summed E-state index contributed by atoms with van der Waals surface area (Å²) in [6, 6.07) is 7.24. The van der Waals surface area contributed by atoms with Crippen molar-refractivity contribution in [2.24, 2.45) is 0 Å². The fourth-order valence-corrected chi connectivity index (χ4v) is 3.74. The molecule has 2 atom stereocenters. The molecule has 0 radical (unpaired) electrons. The fourth-order valence-electron chi connectivity index (χ4n) is 3.74. The second kappa shape index (κ2) is 4.77. The Hall–Kier alpha value is -1.28. The molecule has 3 rings (SSSR count). The highest BCUT2D eigenvalue weighted by atomic mass is 16.5. The van der Waals surface area contributed by atoms with E-state index in [1.54, 1.807) is 7.11 Å². The zero-order valence-corrected chi connectivity index (χ0v) is 11.1. The van der Waals surface area contributed by atoms with Crippen molar-refractivity contribution in [1.29, 1.82) is 0 Å². The zero-order chi connectivity index (χ0) is 12.5. The highest BCUT2D eigenvalue weighted by molar-refractivity contribution is 5.45. The van der Waals surface area contributed by atoms with Crippen LogP contribution in [0.5, 0.6) is 5.75 Å². The molecule has 1 heterocycles. The SMILES string of the molecule is C=CCN1CC[C@@H]2c3cccc(OC)c3CC[C@H]21. The van der Waals surface area contributed by atoms with Crippen LogP contribution in [0.2, 0.25) is 0 Å². The highest BCUT2D eigenvalue weighted by Gasteiger charge is 2.38. The second-order valence-electron chi connectivity index (χ2n) is 5.31. The molecule has 18 heavy (non-hydrogen) atoms. The van der Waals surface area contributed by atoms with Gasteiger partial charge < -0.3 is 4.74 Å². The molecule has 0 saturated carbocycles. The predicted octanol–water partition coefficient (Wildman–Crippen LogP) is 2.99. The van der Waals surface area contributed by atoms with E-state index in [-0.39, 0.29) is 0 Å². The number of ether oxygens (including phenoxy) is 1. The molecule has 1 saturated heterocycles. The Morgan fingerprint density at radius 1 is 1.44 bits per heavy atom. The van der Waals surface area contributed by atoms with Crippen LogP contribution in [0.3, 0.4) is 0 Å². The van der Waals surface area contributed by atoms with E-state index in [2.05, 4.69) is 29.7 Å². The van der Waals surface area contributed by atoms with Crippen molar-refractivity contribution in [2.75, 3.05) is 20.2 Å². The largest absolute Gasteiger partial charge is 0.496 e. The number of hydrogen-bond donors (Lipinski definition) is 0. The summed E-state index contributed by atoms with van der Waals surface area (Å²) < 4.78 is 5.51. The summed E-state index contributed by atoms with van der Waals surface area (Å²) in [6.45, 7) is 6.11. The third kappa shape index (κ3) is 1.76. The van der Waals surface area contributed by atoms with Crippen molar-refractivity contribution in [3.63, 3.8) is 0 Å². The van der Waals surface area contributed by atoms with Crippen LogP contribution in [0.1, 0.15) is 29.9 Å². The average molecular weight is 243 g/mol. The van der Waals surface area contributed by atoms with Gasteiger partial charge in [-0.25, -0.2) is 0 Å². The fraction of sp³-hybridized carbons (Fsp3) is 0.500. The number of methoxy groups -OCH3 is 1. The van der Waals surface area contributed by atoms with Gasteiger partial charge in [-0.05, 0) is 43.0 Å². The first-order valence-electron chi connectivity index (χ1n) is 6.86. The van der Waals surface area contributed by atoms with Crippen molar-refractivity contribution in [3.8, 4) is 5.75 Å². The third-order valence-corrected chi connectivity index (χ3v) is 4.50. The van der Waals surface area contributed by atoms with Crippen LogP contribution < -0.4 is 4.74 Å². The molecule has 0 spiro atoms. The number of hydrogen-bond acceptors (Lipinski definition) is 2. The van der Waals surface area contributed by atoms with Gasteiger partial charge in [-0.15, -0.1) is 6.58 Å². The van der Waals surface area contributed by atoms with Crippen LogP contribution >= 0.6 is 0 Å². The van der Waals surface area contributed by atoms with Gasteiger partial charge in [0.25, 0.3) is 0 Å². The molecule has 0 N–H and O–H groups in total. The summed E-state index contributed by atoms with van der Waals surface area (Å²) >= 11 is 0. The minimum atomic E-state index is 0.698. The van der Waals surface area contributed by atoms with Gasteiger partial charge in [0.2, 0.25) is 0 Å². The molecular formula is C16H21NO. The van der Waals surface area contributed by atoms with Gasteiger partial charge in [0, 0.05) is 18.5 Å². The Bertz CT molecular complexity index is 454. The van der Waals surface area contributed by atoms with E-state index in [4.69, 9.17) is 4.74 Å². The minimum Gasteiger partial charge on any atom is -0.496 e. The van der Waals surface area contributed by atoms with E-state index in [1.165, 1.54) is 30.5 Å². The Morgan fingerprint density at radius 2 is 2.33 bits per heavy atom. The second-order valence-corrected chi connectivity index (χ2v) is 5.31. The summed E-state index contributed by atoms with van der Waals surface area (Å²) in [4.78, 5) is 2.58. The minimum absolute atomic E-state index is 0.698. The van der Waals surface area contributed by atoms with E-state index >= 15 is 0 Å². The van der Waals surface area contributed by atoms with E-state index in [0.717, 1.165) is 18.7 Å². The molecule has 1 fully saturated rings. The van der Waals surface area contributed by atoms with Gasteiger partial charge >= 0.3 is 0 Å². The van der Waals surface area contributed by atoms with Crippen molar-refractivity contribution in [3.05, 3.63) is 42.0 Å². The smallest absolute Gasteiger partial charge is 0.122 e. The number of nitrogens with zero attached hydrogens (tertiary/aromatic N) is 1. The molecule has 0 bridgehead atoms. The third-order valence-electron chi connectivity index (χ3n) is 4.50. The van der Waals surface area contributed by atoms with E-state index in [1.807, 2.05) is 6.08 Å². The zero-order valence-electron chi connectivity index (χ0n) is 11.1. The molecule has 2 heteroatoms. The van der Waals surface area contributed by atoms with Gasteiger partial charge in [0.1, 0.15) is 5.75 Å². The van der Waals surface area contributed by atoms with Crippen LogP contribution in [-0.2, 0) is 6.42 Å². The lowest BCUT2D eigenvalue weighted by atomic mass is 9.79. The first-order valence-corrected chi connectivity index (χ1v) is 6.86. The number of rotatable bonds is 3. The predicted molar refractivity (Wildman–Crippen MR) is 74.2 cm³/mol. The lowest BCUT2D eigenvalue weighted by molar-refractivity contribution is 0.248. The molecule has 0 amide bonds. The lowest BCUT2D eigenvalue weighted by Crippen LogP contribution is -2.35. The summed E-state index contributed by atoms with van der Waals surface area (Å²) in [5, 5.41) is 0. The lowest BCUT2D eigenvalue weighted by Gasteiger charge is -2.33. The van der Waals surface area contributed by atoms with Crippen LogP contribution in [-0.4, -0.2) is 31.1 Å². The Kier molecular flexibility index (Phi) is 3.13. The van der Waals surface area contributed by atoms with Crippen molar-refractivity contribution >= 4 is 0 Å². The van der Waals surface area contributed by atoms with Crippen LogP contribution in [0, 0.1) is 0 Å². The summed E-state index contributed by atoms with van der Waals surface area (Å²) in [5.74, 6) is 1.77. The maximum absolute atomic E-state index is 5.51. The van der Waals surface area contributed by atoms with Crippen LogP contribution in [0.15, 0.2) is 30.9 Å². The van der Waals surface area contributed by atoms with Gasteiger partial charge in [-0.1, -0.05) is 18.2 Å². The molecule has 0 unspecified atom stereocenters. The van der Waals surface area contributed by atoms with Gasteiger partial charge in [0.05, 0.1) is 7.11 Å². The van der Waals surface area contributed by atoms with Crippen molar-refractivity contribution < 1.29 is 4.74 Å². The molecule has 1 aliphatic carbocycles. The van der Waals surface area contributed by atoms with E-state index < -0.39 is 0 Å². The van der Waals surface area contributed by atoms with E-state index in [9.17, 15) is 0 Å². The standard InChI is InChI=1S/C16H21NO/c1-3-10-17-11-9-13-12-5-4-6-16(18-2)14(12)7-8-15(13)17/h3-6,13,15H,1,7-11H2,2H3/t13-,15-/m1/s1. The molecular weight excluding hydrogens is 222 g/mol. The first-order chi connectivity index (χ1) is 8.85. The Balaban J connectivity index is 1.93. The molecule has 2 aliphatic rings.